The van der Waals surface area contributed by atoms with E-state index in [4.69, 9.17) is 0 Å². The number of carbonyl (C=O) groups excluding carboxylic acids is 3. The number of hydrogen-bond acceptors (Lipinski definition) is 5. The molecule has 2 heterocycles. The lowest BCUT2D eigenvalue weighted by Crippen LogP contribution is -2.38. The van der Waals surface area contributed by atoms with Crippen LogP contribution in [0.25, 0.3) is 11.3 Å². The van der Waals surface area contributed by atoms with Crippen LogP contribution in [-0.4, -0.2) is 27.6 Å². The number of aromatic nitrogens is 1. The minimum Gasteiger partial charge on any atom is -0.302 e. The normalized spacial score (nSPS) is 25.2. The maximum atomic E-state index is 13.5. The van der Waals surface area contributed by atoms with Crippen molar-refractivity contribution in [2.24, 2.45) is 23.7 Å². The number of imide groups is 1. The van der Waals surface area contributed by atoms with Gasteiger partial charge in [0.1, 0.15) is 0 Å². The van der Waals surface area contributed by atoms with Gasteiger partial charge in [-0.25, -0.2) is 4.98 Å². The fourth-order valence-corrected chi connectivity index (χ4v) is 6.53. The second-order valence-electron chi connectivity index (χ2n) is 9.63. The van der Waals surface area contributed by atoms with Gasteiger partial charge in [-0.15, -0.1) is 11.3 Å². The number of anilines is 1. The van der Waals surface area contributed by atoms with Gasteiger partial charge in [-0.2, -0.15) is 0 Å². The van der Waals surface area contributed by atoms with Crippen molar-refractivity contribution in [3.63, 3.8) is 0 Å². The lowest BCUT2D eigenvalue weighted by molar-refractivity contribution is -0.144. The van der Waals surface area contributed by atoms with E-state index in [0.717, 1.165) is 28.8 Å². The fraction of sp³-hybridized carbons (Fsp3) is 0.286. The number of rotatable bonds is 6. The molecule has 0 radical (unpaired) electrons. The maximum Gasteiger partial charge on any atom is 0.234 e. The first kappa shape index (κ1) is 21.9. The van der Waals surface area contributed by atoms with Crippen LogP contribution >= 0.6 is 11.3 Å². The zero-order chi connectivity index (χ0) is 24.1. The van der Waals surface area contributed by atoms with Gasteiger partial charge in [0, 0.05) is 10.9 Å². The Morgan fingerprint density at radius 2 is 1.69 bits per heavy atom. The van der Waals surface area contributed by atoms with E-state index in [-0.39, 0.29) is 47.8 Å². The van der Waals surface area contributed by atoms with Crippen molar-refractivity contribution in [2.75, 3.05) is 5.32 Å². The molecule has 3 amide bonds. The molecule has 7 heteroatoms. The lowest BCUT2D eigenvalue weighted by atomic mass is 9.85. The Kier molecular flexibility index (Phi) is 5.37. The number of nitrogens with one attached hydrogen (secondary N) is 1. The summed E-state index contributed by atoms with van der Waals surface area (Å²) in [5.41, 5.74) is 3.63. The van der Waals surface area contributed by atoms with Crippen molar-refractivity contribution in [3.05, 3.63) is 83.3 Å². The molecule has 1 N–H and O–H groups in total. The van der Waals surface area contributed by atoms with Crippen molar-refractivity contribution in [3.8, 4) is 11.3 Å². The van der Waals surface area contributed by atoms with E-state index in [1.165, 1.54) is 16.2 Å². The first-order valence-electron chi connectivity index (χ1n) is 11.9. The molecule has 5 atom stereocenters. The number of thiazole rings is 1. The van der Waals surface area contributed by atoms with Gasteiger partial charge in [-0.3, -0.25) is 19.3 Å². The summed E-state index contributed by atoms with van der Waals surface area (Å²) in [7, 11) is 0. The Hall–Kier alpha value is -3.58. The van der Waals surface area contributed by atoms with Crippen LogP contribution in [0.2, 0.25) is 0 Å². The molecule has 5 unspecified atom stereocenters. The van der Waals surface area contributed by atoms with Crippen LogP contribution < -0.4 is 5.32 Å². The first-order valence-corrected chi connectivity index (χ1v) is 12.8. The average Bonchev–Trinajstić information content (AvgIpc) is 3.64. The number of hydrogen-bond donors (Lipinski definition) is 1. The molecule has 3 aliphatic rings. The Bertz CT molecular complexity index is 1300. The van der Waals surface area contributed by atoms with Crippen molar-refractivity contribution in [2.45, 2.75) is 25.8 Å². The number of fused-ring (bicyclic) bond motifs is 5. The van der Waals surface area contributed by atoms with Crippen LogP contribution in [0.5, 0.6) is 0 Å². The minimum absolute atomic E-state index is 0.0109. The van der Waals surface area contributed by atoms with Gasteiger partial charge < -0.3 is 5.32 Å². The zero-order valence-corrected chi connectivity index (χ0v) is 20.1. The van der Waals surface area contributed by atoms with Gasteiger partial charge in [-0.05, 0) is 30.7 Å². The Labute approximate surface area is 207 Å². The topological polar surface area (TPSA) is 79.4 Å². The number of amides is 3. The second kappa shape index (κ2) is 8.57. The van der Waals surface area contributed by atoms with Crippen LogP contribution in [0.4, 0.5) is 5.13 Å². The Morgan fingerprint density at radius 1 is 1.03 bits per heavy atom. The van der Waals surface area contributed by atoms with E-state index in [0.29, 0.717) is 5.13 Å². The first-order chi connectivity index (χ1) is 17.0. The molecule has 1 aliphatic heterocycles. The number of carbonyl (C=O) groups is 3. The van der Waals surface area contributed by atoms with Gasteiger partial charge >= 0.3 is 0 Å². The van der Waals surface area contributed by atoms with Gasteiger partial charge in [0.15, 0.2) is 5.13 Å². The molecule has 35 heavy (non-hydrogen) atoms. The monoisotopic (exact) mass is 483 g/mol. The van der Waals surface area contributed by atoms with Crippen molar-refractivity contribution >= 4 is 34.2 Å². The Morgan fingerprint density at radius 3 is 2.34 bits per heavy atom. The number of allylic oxidation sites excluding steroid dienone is 2. The van der Waals surface area contributed by atoms with E-state index in [2.05, 4.69) is 22.5 Å². The maximum absolute atomic E-state index is 13.5. The predicted octanol–water partition coefficient (Wildman–Crippen LogP) is 5.00. The smallest absolute Gasteiger partial charge is 0.234 e. The number of likely N-dealkylation sites (tertiary alicyclic amines) is 1. The number of benzene rings is 2. The quantitative estimate of drug-likeness (QED) is 0.396. The third-order valence-corrected chi connectivity index (χ3v) is 8.23. The molecule has 2 aliphatic carbocycles. The predicted molar refractivity (Wildman–Crippen MR) is 134 cm³/mol. The molecule has 6 nitrogen and oxygen atoms in total. The summed E-state index contributed by atoms with van der Waals surface area (Å²) in [4.78, 5) is 46.1. The molecule has 6 rings (SSSR count). The van der Waals surface area contributed by atoms with E-state index in [9.17, 15) is 14.4 Å². The Balaban J connectivity index is 1.25. The molecule has 1 saturated carbocycles. The third-order valence-electron chi connectivity index (χ3n) is 7.48. The van der Waals surface area contributed by atoms with Crippen LogP contribution in [0.1, 0.15) is 30.0 Å². The van der Waals surface area contributed by atoms with Gasteiger partial charge in [0.2, 0.25) is 17.7 Å². The summed E-state index contributed by atoms with van der Waals surface area (Å²) in [5, 5.41) is 5.28. The van der Waals surface area contributed by atoms with E-state index in [1.807, 2.05) is 66.9 Å². The minimum atomic E-state index is -0.644. The summed E-state index contributed by atoms with van der Waals surface area (Å²) in [6.07, 6.45) is 5.04. The summed E-state index contributed by atoms with van der Waals surface area (Å²) >= 11 is 1.35. The molecular formula is C28H25N3O3S. The molecule has 1 aromatic heterocycles. The molecular weight excluding hydrogens is 458 g/mol. The number of nitrogens with zero attached hydrogens (tertiary/aromatic N) is 2. The highest BCUT2D eigenvalue weighted by molar-refractivity contribution is 7.14. The molecule has 3 aromatic rings. The summed E-state index contributed by atoms with van der Waals surface area (Å²) in [5.74, 6) is -0.881. The number of aryl methyl sites for hydroxylation is 1. The average molecular weight is 484 g/mol. The van der Waals surface area contributed by atoms with Crippen molar-refractivity contribution in [1.82, 2.24) is 9.88 Å². The van der Waals surface area contributed by atoms with Gasteiger partial charge in [0.05, 0.1) is 30.0 Å². The fourth-order valence-electron chi connectivity index (χ4n) is 5.80. The van der Waals surface area contributed by atoms with Crippen LogP contribution in [-0.2, 0) is 14.4 Å². The highest BCUT2D eigenvalue weighted by Crippen LogP contribution is 2.54. The molecule has 2 aromatic carbocycles. The second-order valence-corrected chi connectivity index (χ2v) is 10.5. The zero-order valence-electron chi connectivity index (χ0n) is 19.3. The van der Waals surface area contributed by atoms with Gasteiger partial charge in [0.25, 0.3) is 0 Å². The van der Waals surface area contributed by atoms with E-state index in [1.54, 1.807) is 0 Å². The molecule has 2 bridgehead atoms. The van der Waals surface area contributed by atoms with Crippen LogP contribution in [0.3, 0.4) is 0 Å². The van der Waals surface area contributed by atoms with E-state index < -0.39 is 6.04 Å². The van der Waals surface area contributed by atoms with Crippen LogP contribution in [0.15, 0.2) is 72.1 Å². The highest BCUT2D eigenvalue weighted by Gasteiger charge is 2.60. The highest BCUT2D eigenvalue weighted by atomic mass is 32.1. The van der Waals surface area contributed by atoms with Crippen molar-refractivity contribution < 1.29 is 14.4 Å². The lowest BCUT2D eigenvalue weighted by Gasteiger charge is -2.28. The third kappa shape index (κ3) is 3.80. The summed E-state index contributed by atoms with van der Waals surface area (Å²) < 4.78 is 0. The van der Waals surface area contributed by atoms with E-state index >= 15 is 0 Å². The van der Waals surface area contributed by atoms with Crippen molar-refractivity contribution in [1.29, 1.82) is 0 Å². The molecule has 0 spiro atoms. The molecule has 2 fully saturated rings. The molecule has 1 saturated heterocycles. The van der Waals surface area contributed by atoms with Crippen LogP contribution in [0, 0.1) is 30.6 Å². The standard InChI is InChI=1S/C28H25N3O3S/c1-16-7-9-18(10-8-16)22(31-26(33)24-19-11-12-20(13-19)25(24)27(31)34)14-23(32)30-28-29-21(15-35-28)17-5-3-2-4-6-17/h2-12,15,19-20,22,24-25H,13-14H2,1H3,(H,29,30,32). The molecule has 176 valence electrons. The summed E-state index contributed by atoms with van der Waals surface area (Å²) in [6, 6.07) is 16.8. The summed E-state index contributed by atoms with van der Waals surface area (Å²) in [6.45, 7) is 1.98. The van der Waals surface area contributed by atoms with Gasteiger partial charge in [-0.1, -0.05) is 72.3 Å². The largest absolute Gasteiger partial charge is 0.302 e. The SMILES string of the molecule is Cc1ccc(C(CC(=O)Nc2nc(-c3ccccc3)cs2)N2C(=O)C3C4C=CC(C4)C3C2=O)cc1.